The van der Waals surface area contributed by atoms with Crippen LogP contribution >= 0.6 is 23.2 Å². The lowest BCUT2D eigenvalue weighted by Gasteiger charge is -2.20. The maximum atomic E-state index is 6.27. The molecule has 0 amide bonds. The monoisotopic (exact) mass is 327 g/mol. The summed E-state index contributed by atoms with van der Waals surface area (Å²) in [4.78, 5) is 8.59. The van der Waals surface area contributed by atoms with Crippen molar-refractivity contribution in [2.75, 3.05) is 21.3 Å². The molecular weight excluding hydrogens is 313 g/mol. The van der Waals surface area contributed by atoms with Gasteiger partial charge in [0.25, 0.3) is 0 Å². The Bertz CT molecular complexity index is 617. The number of benzene rings is 1. The number of ether oxygens (including phenoxy) is 2. The SMILES string of the molecule is CNC(c1ncc(OC)nc1OC)c1c(Cl)cccc1Cl. The summed E-state index contributed by atoms with van der Waals surface area (Å²) < 4.78 is 10.3. The summed E-state index contributed by atoms with van der Waals surface area (Å²) in [7, 11) is 4.83. The number of aromatic nitrogens is 2. The molecule has 1 N–H and O–H groups in total. The zero-order valence-electron chi connectivity index (χ0n) is 11.9. The first-order valence-electron chi connectivity index (χ1n) is 6.18. The minimum Gasteiger partial charge on any atom is -0.480 e. The Morgan fingerprint density at radius 3 is 2.33 bits per heavy atom. The van der Waals surface area contributed by atoms with Crippen molar-refractivity contribution in [2.24, 2.45) is 0 Å². The van der Waals surface area contributed by atoms with Gasteiger partial charge in [-0.05, 0) is 19.2 Å². The highest BCUT2D eigenvalue weighted by atomic mass is 35.5. The van der Waals surface area contributed by atoms with E-state index in [4.69, 9.17) is 32.7 Å². The van der Waals surface area contributed by atoms with Crippen molar-refractivity contribution in [3.8, 4) is 11.8 Å². The molecule has 1 unspecified atom stereocenters. The van der Waals surface area contributed by atoms with Gasteiger partial charge in [0, 0.05) is 15.6 Å². The second-order valence-electron chi connectivity index (χ2n) is 4.16. The fourth-order valence-electron chi connectivity index (χ4n) is 2.02. The second kappa shape index (κ2) is 6.93. The van der Waals surface area contributed by atoms with Gasteiger partial charge < -0.3 is 14.8 Å². The lowest BCUT2D eigenvalue weighted by atomic mass is 10.0. The van der Waals surface area contributed by atoms with Crippen molar-refractivity contribution in [2.45, 2.75) is 6.04 Å². The number of methoxy groups -OCH3 is 2. The first-order chi connectivity index (χ1) is 10.1. The lowest BCUT2D eigenvalue weighted by Crippen LogP contribution is -2.21. The number of nitrogens with zero attached hydrogens (tertiary/aromatic N) is 2. The van der Waals surface area contributed by atoms with E-state index >= 15 is 0 Å². The Balaban J connectivity index is 2.56. The van der Waals surface area contributed by atoms with Gasteiger partial charge in [-0.15, -0.1) is 0 Å². The summed E-state index contributed by atoms with van der Waals surface area (Å²) in [6.45, 7) is 0. The Morgan fingerprint density at radius 1 is 1.14 bits per heavy atom. The first kappa shape index (κ1) is 15.8. The van der Waals surface area contributed by atoms with Crippen LogP contribution in [0.4, 0.5) is 0 Å². The molecule has 0 spiro atoms. The average Bonchev–Trinajstić information content (AvgIpc) is 2.50. The van der Waals surface area contributed by atoms with Gasteiger partial charge in [-0.1, -0.05) is 29.3 Å². The molecule has 7 heteroatoms. The van der Waals surface area contributed by atoms with Crippen LogP contribution in [0, 0.1) is 0 Å². The van der Waals surface area contributed by atoms with E-state index in [0.29, 0.717) is 27.5 Å². The summed E-state index contributed by atoms with van der Waals surface area (Å²) >= 11 is 12.5. The fourth-order valence-corrected chi connectivity index (χ4v) is 2.63. The van der Waals surface area contributed by atoms with Gasteiger partial charge in [-0.3, -0.25) is 0 Å². The lowest BCUT2D eigenvalue weighted by molar-refractivity contribution is 0.353. The van der Waals surface area contributed by atoms with E-state index < -0.39 is 0 Å². The molecule has 0 fully saturated rings. The van der Waals surface area contributed by atoms with Gasteiger partial charge in [-0.25, -0.2) is 4.98 Å². The molecule has 1 aromatic carbocycles. The molecule has 2 rings (SSSR count). The molecule has 0 saturated heterocycles. The topological polar surface area (TPSA) is 56.3 Å². The zero-order chi connectivity index (χ0) is 15.4. The van der Waals surface area contributed by atoms with Crippen LogP contribution in [0.1, 0.15) is 17.3 Å². The maximum absolute atomic E-state index is 6.27. The van der Waals surface area contributed by atoms with E-state index in [9.17, 15) is 0 Å². The molecule has 1 aromatic heterocycles. The van der Waals surface area contributed by atoms with E-state index in [1.54, 1.807) is 25.2 Å². The number of rotatable bonds is 5. The van der Waals surface area contributed by atoms with Crippen LogP contribution in [0.3, 0.4) is 0 Å². The van der Waals surface area contributed by atoms with Crippen molar-refractivity contribution >= 4 is 23.2 Å². The number of halogens is 2. The van der Waals surface area contributed by atoms with E-state index in [1.165, 1.54) is 20.4 Å². The van der Waals surface area contributed by atoms with Gasteiger partial charge in [0.05, 0.1) is 26.5 Å². The van der Waals surface area contributed by atoms with Crippen molar-refractivity contribution in [1.82, 2.24) is 15.3 Å². The zero-order valence-corrected chi connectivity index (χ0v) is 13.4. The summed E-state index contributed by atoms with van der Waals surface area (Å²) in [5.41, 5.74) is 1.30. The molecule has 2 aromatic rings. The molecule has 5 nitrogen and oxygen atoms in total. The second-order valence-corrected chi connectivity index (χ2v) is 4.98. The Labute approximate surface area is 133 Å². The van der Waals surface area contributed by atoms with Crippen molar-refractivity contribution in [3.63, 3.8) is 0 Å². The first-order valence-corrected chi connectivity index (χ1v) is 6.94. The van der Waals surface area contributed by atoms with E-state index in [0.717, 1.165) is 5.56 Å². The van der Waals surface area contributed by atoms with E-state index in [2.05, 4.69) is 15.3 Å². The molecule has 21 heavy (non-hydrogen) atoms. The summed E-state index contributed by atoms with van der Waals surface area (Å²) in [6, 6.07) is 4.99. The highest BCUT2D eigenvalue weighted by Crippen LogP contribution is 2.36. The molecule has 1 heterocycles. The van der Waals surface area contributed by atoms with E-state index in [1.807, 2.05) is 0 Å². The van der Waals surface area contributed by atoms with Crippen LogP contribution in [0.15, 0.2) is 24.4 Å². The van der Waals surface area contributed by atoms with Gasteiger partial charge in [-0.2, -0.15) is 4.98 Å². The molecular formula is C14H15Cl2N3O2. The van der Waals surface area contributed by atoms with Crippen LogP contribution in [0.5, 0.6) is 11.8 Å². The van der Waals surface area contributed by atoms with Gasteiger partial charge in [0.2, 0.25) is 11.8 Å². The summed E-state index contributed by atoms with van der Waals surface area (Å²) in [6.07, 6.45) is 1.52. The van der Waals surface area contributed by atoms with Crippen molar-refractivity contribution in [1.29, 1.82) is 0 Å². The molecule has 0 radical (unpaired) electrons. The number of nitrogens with one attached hydrogen (secondary N) is 1. The maximum Gasteiger partial charge on any atom is 0.240 e. The van der Waals surface area contributed by atoms with E-state index in [-0.39, 0.29) is 6.04 Å². The highest BCUT2D eigenvalue weighted by Gasteiger charge is 2.24. The number of hydrogen-bond acceptors (Lipinski definition) is 5. The van der Waals surface area contributed by atoms with Crippen LogP contribution in [-0.4, -0.2) is 31.2 Å². The smallest absolute Gasteiger partial charge is 0.240 e. The molecule has 0 saturated carbocycles. The van der Waals surface area contributed by atoms with Crippen LogP contribution < -0.4 is 14.8 Å². The molecule has 0 aliphatic heterocycles. The molecule has 112 valence electrons. The predicted octanol–water partition coefficient (Wildman–Crippen LogP) is 3.11. The minimum atomic E-state index is -0.348. The third kappa shape index (κ3) is 3.20. The minimum absolute atomic E-state index is 0.348. The standard InChI is InChI=1S/C14H15Cl2N3O2/c1-17-12(11-8(15)5-4-6-9(11)16)13-14(21-3)19-10(20-2)7-18-13/h4-7,12,17H,1-3H3. The third-order valence-electron chi connectivity index (χ3n) is 3.00. The Morgan fingerprint density at radius 2 is 1.81 bits per heavy atom. The fraction of sp³-hybridized carbons (Fsp3) is 0.286. The van der Waals surface area contributed by atoms with Crippen LogP contribution in [-0.2, 0) is 0 Å². The Hall–Kier alpha value is -1.56. The quantitative estimate of drug-likeness (QED) is 0.914. The summed E-state index contributed by atoms with van der Waals surface area (Å²) in [5, 5.41) is 4.22. The highest BCUT2D eigenvalue weighted by molar-refractivity contribution is 6.36. The van der Waals surface area contributed by atoms with Gasteiger partial charge in [0.1, 0.15) is 5.69 Å². The summed E-state index contributed by atoms with van der Waals surface area (Å²) in [5.74, 6) is 0.723. The van der Waals surface area contributed by atoms with Crippen LogP contribution in [0.25, 0.3) is 0 Å². The van der Waals surface area contributed by atoms with Crippen molar-refractivity contribution < 1.29 is 9.47 Å². The molecule has 0 aliphatic rings. The van der Waals surface area contributed by atoms with Gasteiger partial charge >= 0.3 is 0 Å². The largest absolute Gasteiger partial charge is 0.480 e. The van der Waals surface area contributed by atoms with Gasteiger partial charge in [0.15, 0.2) is 0 Å². The van der Waals surface area contributed by atoms with Crippen LogP contribution in [0.2, 0.25) is 10.0 Å². The predicted molar refractivity (Wildman–Crippen MR) is 82.5 cm³/mol. The normalized spacial score (nSPS) is 12.0. The third-order valence-corrected chi connectivity index (χ3v) is 3.66. The van der Waals surface area contributed by atoms with Crippen molar-refractivity contribution in [3.05, 3.63) is 45.7 Å². The molecule has 0 aliphatic carbocycles. The molecule has 0 bridgehead atoms. The number of hydrogen-bond donors (Lipinski definition) is 1. The average molecular weight is 328 g/mol. The Kier molecular flexibility index (Phi) is 5.22. The molecule has 1 atom stereocenters.